The van der Waals surface area contributed by atoms with Gasteiger partial charge in [-0.05, 0) is 69.8 Å². The lowest BCUT2D eigenvalue weighted by atomic mass is 9.91. The molecule has 0 bridgehead atoms. The summed E-state index contributed by atoms with van der Waals surface area (Å²) >= 11 is 0. The molecular weight excluding hydrogens is 303 g/mol. The molecule has 124 valence electrons. The standard InChI is InChI=1S/C17H25FN2O.ClH/c1-17(2,14-4-3-5-15(18)12-14)20-16(21)7-6-13-8-10-19-11-9-13;/h3-5,12-13,19H,6-11H2,1-2H3,(H,20,21);1H. The molecule has 0 atom stereocenters. The average Bonchev–Trinajstić information content (AvgIpc) is 2.46. The van der Waals surface area contributed by atoms with Gasteiger partial charge in [0, 0.05) is 6.42 Å². The zero-order chi connectivity index (χ0) is 15.3. The second-order valence-corrected chi connectivity index (χ2v) is 6.42. The molecule has 1 aromatic carbocycles. The normalized spacial score (nSPS) is 16.0. The van der Waals surface area contributed by atoms with Crippen molar-refractivity contribution in [2.45, 2.75) is 45.1 Å². The molecule has 1 amide bonds. The number of carbonyl (C=O) groups excluding carboxylic acids is 1. The van der Waals surface area contributed by atoms with Crippen LogP contribution in [0.3, 0.4) is 0 Å². The molecule has 2 N–H and O–H groups in total. The van der Waals surface area contributed by atoms with Gasteiger partial charge < -0.3 is 10.6 Å². The second kappa shape index (κ2) is 8.49. The van der Waals surface area contributed by atoms with Crippen LogP contribution >= 0.6 is 12.4 Å². The first-order valence-electron chi connectivity index (χ1n) is 7.75. The summed E-state index contributed by atoms with van der Waals surface area (Å²) in [5.74, 6) is 0.418. The quantitative estimate of drug-likeness (QED) is 0.870. The highest BCUT2D eigenvalue weighted by molar-refractivity contribution is 5.85. The van der Waals surface area contributed by atoms with Crippen molar-refractivity contribution in [2.75, 3.05) is 13.1 Å². The lowest BCUT2D eigenvalue weighted by Gasteiger charge is -2.28. The minimum atomic E-state index is -0.548. The van der Waals surface area contributed by atoms with E-state index >= 15 is 0 Å². The monoisotopic (exact) mass is 328 g/mol. The van der Waals surface area contributed by atoms with Gasteiger partial charge in [0.2, 0.25) is 5.91 Å². The predicted molar refractivity (Wildman–Crippen MR) is 89.6 cm³/mol. The van der Waals surface area contributed by atoms with Crippen LogP contribution in [0.4, 0.5) is 4.39 Å². The molecule has 1 saturated heterocycles. The highest BCUT2D eigenvalue weighted by Crippen LogP contribution is 2.22. The fraction of sp³-hybridized carbons (Fsp3) is 0.588. The molecule has 22 heavy (non-hydrogen) atoms. The highest BCUT2D eigenvalue weighted by atomic mass is 35.5. The molecular formula is C17H26ClFN2O. The molecule has 0 aliphatic carbocycles. The summed E-state index contributed by atoms with van der Waals surface area (Å²) in [5, 5.41) is 6.35. The van der Waals surface area contributed by atoms with Crippen LogP contribution in [0.25, 0.3) is 0 Å². The number of benzene rings is 1. The Balaban J connectivity index is 0.00000242. The molecule has 0 radical (unpaired) electrons. The van der Waals surface area contributed by atoms with Gasteiger partial charge in [0.25, 0.3) is 0 Å². The number of hydrogen-bond donors (Lipinski definition) is 2. The first-order valence-corrected chi connectivity index (χ1v) is 7.75. The van der Waals surface area contributed by atoms with Gasteiger partial charge in [-0.25, -0.2) is 4.39 Å². The molecule has 1 fully saturated rings. The molecule has 2 rings (SSSR count). The van der Waals surface area contributed by atoms with Crippen LogP contribution in [-0.2, 0) is 10.3 Å². The van der Waals surface area contributed by atoms with Crippen molar-refractivity contribution in [1.82, 2.24) is 10.6 Å². The van der Waals surface area contributed by atoms with Crippen molar-refractivity contribution in [3.8, 4) is 0 Å². The summed E-state index contributed by atoms with van der Waals surface area (Å²) < 4.78 is 13.3. The molecule has 0 spiro atoms. The van der Waals surface area contributed by atoms with E-state index in [1.807, 2.05) is 19.9 Å². The number of amides is 1. The maximum absolute atomic E-state index is 13.3. The molecule has 0 saturated carbocycles. The van der Waals surface area contributed by atoms with Crippen molar-refractivity contribution in [3.63, 3.8) is 0 Å². The summed E-state index contributed by atoms with van der Waals surface area (Å²) in [5.41, 5.74) is 0.241. The van der Waals surface area contributed by atoms with Crippen LogP contribution in [0, 0.1) is 11.7 Å². The van der Waals surface area contributed by atoms with Crippen LogP contribution in [0.1, 0.15) is 45.1 Å². The van der Waals surface area contributed by atoms with Crippen molar-refractivity contribution in [2.24, 2.45) is 5.92 Å². The van der Waals surface area contributed by atoms with Crippen molar-refractivity contribution in [1.29, 1.82) is 0 Å². The summed E-state index contributed by atoms with van der Waals surface area (Å²) in [6, 6.07) is 6.41. The van der Waals surface area contributed by atoms with Gasteiger partial charge in [0.1, 0.15) is 5.82 Å². The summed E-state index contributed by atoms with van der Waals surface area (Å²) in [6.07, 6.45) is 3.79. The molecule has 1 aliphatic rings. The lowest BCUT2D eigenvalue weighted by Crippen LogP contribution is -2.41. The van der Waals surface area contributed by atoms with Crippen LogP contribution in [0.2, 0.25) is 0 Å². The maximum Gasteiger partial charge on any atom is 0.220 e. The highest BCUT2D eigenvalue weighted by Gasteiger charge is 2.23. The minimum absolute atomic E-state index is 0. The van der Waals surface area contributed by atoms with Gasteiger partial charge in [-0.3, -0.25) is 4.79 Å². The van der Waals surface area contributed by atoms with E-state index in [9.17, 15) is 9.18 Å². The van der Waals surface area contributed by atoms with E-state index in [2.05, 4.69) is 10.6 Å². The number of halogens is 2. The smallest absolute Gasteiger partial charge is 0.220 e. The van der Waals surface area contributed by atoms with Crippen molar-refractivity contribution >= 4 is 18.3 Å². The largest absolute Gasteiger partial charge is 0.347 e. The molecule has 0 aromatic heterocycles. The van der Waals surface area contributed by atoms with Gasteiger partial charge in [0.05, 0.1) is 5.54 Å². The number of nitrogens with one attached hydrogen (secondary N) is 2. The third-order valence-corrected chi connectivity index (χ3v) is 4.24. The van der Waals surface area contributed by atoms with E-state index < -0.39 is 5.54 Å². The fourth-order valence-corrected chi connectivity index (χ4v) is 2.87. The van der Waals surface area contributed by atoms with Gasteiger partial charge >= 0.3 is 0 Å². The molecule has 1 aliphatic heterocycles. The second-order valence-electron chi connectivity index (χ2n) is 6.42. The molecule has 3 nitrogen and oxygen atoms in total. The number of piperidine rings is 1. The van der Waals surface area contributed by atoms with Crippen molar-refractivity contribution < 1.29 is 9.18 Å². The van der Waals surface area contributed by atoms with Gasteiger partial charge in [-0.15, -0.1) is 12.4 Å². The Morgan fingerprint density at radius 1 is 1.36 bits per heavy atom. The van der Waals surface area contributed by atoms with Crippen LogP contribution in [0.15, 0.2) is 24.3 Å². The van der Waals surface area contributed by atoms with E-state index in [0.29, 0.717) is 12.3 Å². The lowest BCUT2D eigenvalue weighted by molar-refractivity contribution is -0.123. The van der Waals surface area contributed by atoms with E-state index in [0.717, 1.165) is 37.9 Å². The first-order chi connectivity index (χ1) is 9.97. The topological polar surface area (TPSA) is 41.1 Å². The zero-order valence-corrected chi connectivity index (χ0v) is 14.1. The van der Waals surface area contributed by atoms with Gasteiger partial charge in [-0.2, -0.15) is 0 Å². The summed E-state index contributed by atoms with van der Waals surface area (Å²) in [4.78, 5) is 12.1. The third kappa shape index (κ3) is 5.58. The van der Waals surface area contributed by atoms with Crippen molar-refractivity contribution in [3.05, 3.63) is 35.6 Å². The molecule has 5 heteroatoms. The summed E-state index contributed by atoms with van der Waals surface area (Å²) in [7, 11) is 0. The Morgan fingerprint density at radius 2 is 2.05 bits per heavy atom. The first kappa shape index (κ1) is 18.9. The van der Waals surface area contributed by atoms with Crippen LogP contribution in [0.5, 0.6) is 0 Å². The molecule has 1 aromatic rings. The van der Waals surface area contributed by atoms with Gasteiger partial charge in [0.15, 0.2) is 0 Å². The Kier molecular flexibility index (Phi) is 7.30. The molecule has 0 unspecified atom stereocenters. The third-order valence-electron chi connectivity index (χ3n) is 4.24. The average molecular weight is 329 g/mol. The van der Waals surface area contributed by atoms with E-state index in [4.69, 9.17) is 0 Å². The predicted octanol–water partition coefficient (Wildman–Crippen LogP) is 3.38. The summed E-state index contributed by atoms with van der Waals surface area (Å²) in [6.45, 7) is 5.93. The Hall–Kier alpha value is -1.13. The van der Waals surface area contributed by atoms with Gasteiger partial charge in [-0.1, -0.05) is 12.1 Å². The fourth-order valence-electron chi connectivity index (χ4n) is 2.87. The minimum Gasteiger partial charge on any atom is -0.347 e. The SMILES string of the molecule is CC(C)(NC(=O)CCC1CCNCC1)c1cccc(F)c1.Cl. The zero-order valence-electron chi connectivity index (χ0n) is 13.3. The Morgan fingerprint density at radius 3 is 2.68 bits per heavy atom. The number of carbonyl (C=O) groups is 1. The maximum atomic E-state index is 13.3. The van der Waals surface area contributed by atoms with E-state index in [-0.39, 0.29) is 24.1 Å². The number of hydrogen-bond acceptors (Lipinski definition) is 2. The Bertz CT molecular complexity index is 487. The Labute approximate surface area is 138 Å². The van der Waals surface area contributed by atoms with Crippen LogP contribution < -0.4 is 10.6 Å². The molecule has 1 heterocycles. The van der Waals surface area contributed by atoms with E-state index in [1.165, 1.54) is 12.1 Å². The van der Waals surface area contributed by atoms with E-state index in [1.54, 1.807) is 6.07 Å². The van der Waals surface area contributed by atoms with Crippen LogP contribution in [-0.4, -0.2) is 19.0 Å². The number of rotatable bonds is 5.